The summed E-state index contributed by atoms with van der Waals surface area (Å²) >= 11 is 1.33. The highest BCUT2D eigenvalue weighted by molar-refractivity contribution is 8.14. The molecule has 5 heteroatoms. The number of thioether (sulfide) groups is 1. The number of carbonyl (C=O) groups excluding carboxylic acids is 2. The quantitative estimate of drug-likeness (QED) is 0.791. The minimum Gasteiger partial charge on any atom is -0.337 e. The normalized spacial score (nSPS) is 32.1. The molecule has 2 rings (SSSR count). The van der Waals surface area contributed by atoms with E-state index in [0.29, 0.717) is 18.5 Å². The van der Waals surface area contributed by atoms with Crippen molar-refractivity contribution in [3.05, 3.63) is 0 Å². The largest absolute Gasteiger partial charge is 0.337 e. The van der Waals surface area contributed by atoms with E-state index < -0.39 is 0 Å². The summed E-state index contributed by atoms with van der Waals surface area (Å²) in [6.45, 7) is 2.33. The Bertz CT molecular complexity index is 359. The molecule has 2 fully saturated rings. The van der Waals surface area contributed by atoms with Gasteiger partial charge in [-0.15, -0.1) is 0 Å². The molecule has 0 aromatic heterocycles. The van der Waals surface area contributed by atoms with Gasteiger partial charge in [0.05, 0.1) is 0 Å². The van der Waals surface area contributed by atoms with Gasteiger partial charge in [-0.3, -0.25) is 9.59 Å². The number of hydrogen-bond acceptors (Lipinski definition) is 4. The Kier molecular flexibility index (Phi) is 4.90. The molecule has 108 valence electrons. The van der Waals surface area contributed by atoms with Crippen molar-refractivity contribution in [2.45, 2.75) is 56.4 Å². The van der Waals surface area contributed by atoms with E-state index >= 15 is 0 Å². The van der Waals surface area contributed by atoms with Gasteiger partial charge < -0.3 is 9.80 Å². The van der Waals surface area contributed by atoms with Crippen molar-refractivity contribution in [3.8, 4) is 0 Å². The average molecular weight is 284 g/mol. The zero-order valence-corrected chi connectivity index (χ0v) is 12.9. The number of carbonyl (C=O) groups is 2. The molecule has 1 heterocycles. The Morgan fingerprint density at radius 2 is 2.00 bits per heavy atom. The highest BCUT2D eigenvalue weighted by Crippen LogP contribution is 2.32. The molecule has 0 spiro atoms. The van der Waals surface area contributed by atoms with Gasteiger partial charge in [0.2, 0.25) is 5.91 Å². The average Bonchev–Trinajstić information content (AvgIpc) is 2.69. The molecule has 19 heavy (non-hydrogen) atoms. The summed E-state index contributed by atoms with van der Waals surface area (Å²) in [5, 5.41) is 0.280. The first-order valence-electron chi connectivity index (χ1n) is 7.12. The summed E-state index contributed by atoms with van der Waals surface area (Å²) in [6.07, 6.45) is 5.27. The molecule has 0 aromatic carbocycles. The molecule has 0 aromatic rings. The van der Waals surface area contributed by atoms with Crippen LogP contribution in [0.25, 0.3) is 0 Å². The molecule has 1 saturated heterocycles. The van der Waals surface area contributed by atoms with Crippen molar-refractivity contribution in [3.63, 3.8) is 0 Å². The molecular formula is C14H24N2O2S. The second-order valence-electron chi connectivity index (χ2n) is 5.86. The highest BCUT2D eigenvalue weighted by Gasteiger charge is 2.39. The first-order valence-corrected chi connectivity index (χ1v) is 8.00. The molecular weight excluding hydrogens is 260 g/mol. The molecule has 0 bridgehead atoms. The van der Waals surface area contributed by atoms with Crippen LogP contribution in [0.4, 0.5) is 0 Å². The lowest BCUT2D eigenvalue weighted by atomic mass is 9.88. The van der Waals surface area contributed by atoms with Crippen molar-refractivity contribution < 1.29 is 9.59 Å². The van der Waals surface area contributed by atoms with Crippen molar-refractivity contribution in [2.75, 3.05) is 20.6 Å². The second-order valence-corrected chi connectivity index (χ2v) is 7.34. The minimum absolute atomic E-state index is 0.118. The van der Waals surface area contributed by atoms with Crippen LogP contribution < -0.4 is 0 Å². The van der Waals surface area contributed by atoms with Crippen LogP contribution >= 0.6 is 11.8 Å². The molecule has 0 radical (unpaired) electrons. The monoisotopic (exact) mass is 284 g/mol. The van der Waals surface area contributed by atoms with Gasteiger partial charge in [-0.1, -0.05) is 24.6 Å². The number of likely N-dealkylation sites (N-methyl/N-ethyl adjacent to an activating group) is 1. The molecule has 1 saturated carbocycles. The van der Waals surface area contributed by atoms with Crippen LogP contribution in [0.3, 0.4) is 0 Å². The Balaban J connectivity index is 2.03. The lowest BCUT2D eigenvalue weighted by Crippen LogP contribution is -2.51. The maximum absolute atomic E-state index is 12.2. The fraction of sp³-hybridized carbons (Fsp3) is 0.857. The van der Waals surface area contributed by atoms with E-state index in [4.69, 9.17) is 0 Å². The fourth-order valence-corrected chi connectivity index (χ4v) is 4.32. The van der Waals surface area contributed by atoms with Crippen LogP contribution in [0.2, 0.25) is 0 Å². The highest BCUT2D eigenvalue weighted by atomic mass is 32.2. The second kappa shape index (κ2) is 6.27. The van der Waals surface area contributed by atoms with Crippen LogP contribution in [0.1, 0.15) is 39.0 Å². The van der Waals surface area contributed by atoms with E-state index in [-0.39, 0.29) is 16.3 Å². The van der Waals surface area contributed by atoms with Crippen molar-refractivity contribution in [2.24, 2.45) is 0 Å². The standard InChI is InChI=1S/C14H24N2O2S/c1-10(17)19-11-8-14(18)16(9-11)13-7-5-4-6-12(13)15(2)3/h11-13H,4-9H2,1-3H3/t11?,12-,13-/m0/s1. The lowest BCUT2D eigenvalue weighted by Gasteiger charge is -2.41. The third-order valence-corrected chi connectivity index (χ3v) is 5.19. The topological polar surface area (TPSA) is 40.6 Å². The number of rotatable bonds is 3. The van der Waals surface area contributed by atoms with E-state index in [0.717, 1.165) is 13.0 Å². The summed E-state index contributed by atoms with van der Waals surface area (Å²) in [7, 11) is 4.21. The summed E-state index contributed by atoms with van der Waals surface area (Å²) in [4.78, 5) is 27.7. The van der Waals surface area contributed by atoms with Crippen molar-refractivity contribution >= 4 is 22.8 Å². The van der Waals surface area contributed by atoms with Crippen LogP contribution in [0.15, 0.2) is 0 Å². The molecule has 0 N–H and O–H groups in total. The number of hydrogen-bond donors (Lipinski definition) is 0. The number of amides is 1. The lowest BCUT2D eigenvalue weighted by molar-refractivity contribution is -0.131. The molecule has 4 nitrogen and oxygen atoms in total. The Morgan fingerprint density at radius 1 is 1.32 bits per heavy atom. The Morgan fingerprint density at radius 3 is 2.63 bits per heavy atom. The SMILES string of the molecule is CC(=O)SC1CC(=O)N([C@H]2CCCC[C@@H]2N(C)C)C1. The van der Waals surface area contributed by atoms with E-state index in [9.17, 15) is 9.59 Å². The van der Waals surface area contributed by atoms with Gasteiger partial charge in [0.1, 0.15) is 0 Å². The molecule has 1 aliphatic carbocycles. The maximum atomic E-state index is 12.2. The summed E-state index contributed by atoms with van der Waals surface area (Å²) < 4.78 is 0. The molecule has 1 unspecified atom stereocenters. The van der Waals surface area contributed by atoms with Gasteiger partial charge >= 0.3 is 0 Å². The summed E-state index contributed by atoms with van der Waals surface area (Å²) in [6, 6.07) is 0.813. The first kappa shape index (κ1) is 14.9. The minimum atomic E-state index is 0.118. The van der Waals surface area contributed by atoms with Gasteiger partial charge in [-0.05, 0) is 26.9 Å². The maximum Gasteiger partial charge on any atom is 0.224 e. The number of likely N-dealkylation sites (tertiary alicyclic amines) is 1. The van der Waals surface area contributed by atoms with Gasteiger partial charge in [0, 0.05) is 37.2 Å². The van der Waals surface area contributed by atoms with Crippen molar-refractivity contribution in [1.82, 2.24) is 9.80 Å². The molecule has 2 aliphatic rings. The Labute approximate surface area is 119 Å². The molecule has 1 amide bonds. The van der Waals surface area contributed by atoms with E-state index in [1.165, 1.54) is 31.0 Å². The van der Waals surface area contributed by atoms with Crippen LogP contribution in [-0.2, 0) is 9.59 Å². The third-order valence-electron chi connectivity index (χ3n) is 4.21. The van der Waals surface area contributed by atoms with Gasteiger partial charge in [0.15, 0.2) is 5.12 Å². The van der Waals surface area contributed by atoms with E-state index in [1.54, 1.807) is 6.92 Å². The summed E-state index contributed by atoms with van der Waals surface area (Å²) in [5.41, 5.74) is 0. The molecule has 3 atom stereocenters. The summed E-state index contributed by atoms with van der Waals surface area (Å²) in [5.74, 6) is 0.234. The van der Waals surface area contributed by atoms with Crippen LogP contribution in [0.5, 0.6) is 0 Å². The predicted molar refractivity (Wildman–Crippen MR) is 78.1 cm³/mol. The van der Waals surface area contributed by atoms with Crippen molar-refractivity contribution in [1.29, 1.82) is 0 Å². The fourth-order valence-electron chi connectivity index (χ4n) is 3.39. The Hall–Kier alpha value is -0.550. The smallest absolute Gasteiger partial charge is 0.224 e. The van der Waals surface area contributed by atoms with Crippen LogP contribution in [0, 0.1) is 0 Å². The first-order chi connectivity index (χ1) is 8.99. The third kappa shape index (κ3) is 3.51. The van der Waals surface area contributed by atoms with Gasteiger partial charge in [-0.2, -0.15) is 0 Å². The zero-order valence-electron chi connectivity index (χ0n) is 12.1. The van der Waals surface area contributed by atoms with E-state index in [2.05, 4.69) is 19.0 Å². The van der Waals surface area contributed by atoms with Gasteiger partial charge in [0.25, 0.3) is 0 Å². The zero-order chi connectivity index (χ0) is 14.0. The van der Waals surface area contributed by atoms with Gasteiger partial charge in [-0.25, -0.2) is 0 Å². The van der Waals surface area contributed by atoms with Crippen LogP contribution in [-0.4, -0.2) is 58.8 Å². The van der Waals surface area contributed by atoms with E-state index in [1.807, 2.05) is 4.90 Å². The predicted octanol–water partition coefficient (Wildman–Crippen LogP) is 1.74. The number of nitrogens with zero attached hydrogens (tertiary/aromatic N) is 2. The molecule has 1 aliphatic heterocycles.